The predicted molar refractivity (Wildman–Crippen MR) is 94.9 cm³/mol. The Bertz CT molecular complexity index is 604. The van der Waals surface area contributed by atoms with Gasteiger partial charge in [-0.3, -0.25) is 9.59 Å². The van der Waals surface area contributed by atoms with Gasteiger partial charge < -0.3 is 21.1 Å². The molecule has 0 aliphatic rings. The second-order valence-corrected chi connectivity index (χ2v) is 6.52. The Morgan fingerprint density at radius 3 is 2.28 bits per heavy atom. The largest absolute Gasteiger partial charge is 0.452 e. The van der Waals surface area contributed by atoms with Gasteiger partial charge in [-0.15, -0.1) is 0 Å². The number of amides is 3. The topological polar surface area (TPSA) is 111 Å². The number of primary amides is 1. The molecule has 0 aromatic heterocycles. The van der Waals surface area contributed by atoms with Crippen LogP contribution in [0.3, 0.4) is 0 Å². The zero-order valence-corrected chi connectivity index (χ0v) is 15.3. The molecule has 8 heteroatoms. The fourth-order valence-electron chi connectivity index (χ4n) is 2.03. The molecule has 1 aromatic rings. The molecule has 138 valence electrons. The van der Waals surface area contributed by atoms with Crippen molar-refractivity contribution >= 4 is 29.5 Å². The maximum Gasteiger partial charge on any atom is 0.312 e. The van der Waals surface area contributed by atoms with Gasteiger partial charge >= 0.3 is 12.0 Å². The lowest BCUT2D eigenvalue weighted by Crippen LogP contribution is -2.39. The number of ether oxygens (including phenoxy) is 1. The summed E-state index contributed by atoms with van der Waals surface area (Å²) in [5.74, 6) is -0.699. The summed E-state index contributed by atoms with van der Waals surface area (Å²) in [5, 5.41) is 5.70. The van der Waals surface area contributed by atoms with Crippen molar-refractivity contribution in [2.75, 3.05) is 6.54 Å². The van der Waals surface area contributed by atoms with Gasteiger partial charge in [0, 0.05) is 11.6 Å². The lowest BCUT2D eigenvalue weighted by Gasteiger charge is -2.19. The van der Waals surface area contributed by atoms with Gasteiger partial charge in [-0.05, 0) is 30.5 Å². The first-order valence-corrected chi connectivity index (χ1v) is 8.35. The Morgan fingerprint density at radius 1 is 1.16 bits per heavy atom. The van der Waals surface area contributed by atoms with Crippen molar-refractivity contribution in [1.29, 1.82) is 0 Å². The van der Waals surface area contributed by atoms with Crippen LogP contribution >= 0.6 is 11.6 Å². The number of carbonyl (C=O) groups is 3. The number of esters is 1. The highest BCUT2D eigenvalue weighted by atomic mass is 35.5. The monoisotopic (exact) mass is 369 g/mol. The summed E-state index contributed by atoms with van der Waals surface area (Å²) < 4.78 is 5.13. The van der Waals surface area contributed by atoms with Crippen LogP contribution in [0.25, 0.3) is 0 Å². The van der Waals surface area contributed by atoms with Crippen LogP contribution in [0.15, 0.2) is 24.3 Å². The van der Waals surface area contributed by atoms with E-state index >= 15 is 0 Å². The van der Waals surface area contributed by atoms with Crippen LogP contribution in [0.1, 0.15) is 38.8 Å². The number of rotatable bonds is 8. The first kappa shape index (κ1) is 20.8. The quantitative estimate of drug-likeness (QED) is 0.609. The van der Waals surface area contributed by atoms with E-state index in [0.717, 1.165) is 0 Å². The van der Waals surface area contributed by atoms with E-state index in [-0.39, 0.29) is 12.3 Å². The lowest BCUT2D eigenvalue weighted by molar-refractivity contribution is -0.155. The van der Waals surface area contributed by atoms with Crippen LogP contribution in [-0.2, 0) is 14.3 Å². The van der Waals surface area contributed by atoms with Gasteiger partial charge in [0.2, 0.25) is 0 Å². The lowest BCUT2D eigenvalue weighted by atomic mass is 10.0. The standard InChI is InChI=1S/C17H24ClN3O4/c1-10(2)9-20-16(23)11(3)25-15(22)8-14(21-17(19)24)12-4-6-13(18)7-5-12/h4-7,10-11,14H,8-9H2,1-3H3,(H,20,23)(H3,19,21,24)/t11-,14-/m0/s1. The summed E-state index contributed by atoms with van der Waals surface area (Å²) in [6.45, 7) is 5.91. The van der Waals surface area contributed by atoms with E-state index in [9.17, 15) is 14.4 Å². The Balaban J connectivity index is 2.67. The third kappa shape index (κ3) is 7.89. The molecule has 0 aliphatic heterocycles. The van der Waals surface area contributed by atoms with E-state index in [2.05, 4.69) is 10.6 Å². The summed E-state index contributed by atoms with van der Waals surface area (Å²) in [6.07, 6.45) is -1.09. The average molecular weight is 370 g/mol. The van der Waals surface area contributed by atoms with Crippen molar-refractivity contribution in [3.05, 3.63) is 34.9 Å². The third-order valence-corrected chi connectivity index (χ3v) is 3.57. The molecule has 1 aromatic carbocycles. The van der Waals surface area contributed by atoms with Gasteiger partial charge in [0.05, 0.1) is 12.5 Å². The van der Waals surface area contributed by atoms with Crippen LogP contribution in [0.2, 0.25) is 5.02 Å². The van der Waals surface area contributed by atoms with Crippen LogP contribution in [0, 0.1) is 5.92 Å². The minimum atomic E-state index is -0.925. The molecule has 0 bridgehead atoms. The maximum atomic E-state index is 12.1. The Labute approximate surface area is 152 Å². The minimum Gasteiger partial charge on any atom is -0.452 e. The smallest absolute Gasteiger partial charge is 0.312 e. The minimum absolute atomic E-state index is 0.160. The maximum absolute atomic E-state index is 12.1. The van der Waals surface area contributed by atoms with Gasteiger partial charge in [-0.1, -0.05) is 37.6 Å². The van der Waals surface area contributed by atoms with E-state index < -0.39 is 24.1 Å². The van der Waals surface area contributed by atoms with E-state index in [4.69, 9.17) is 22.1 Å². The molecule has 1 rings (SSSR count). The van der Waals surface area contributed by atoms with Gasteiger partial charge in [0.15, 0.2) is 6.10 Å². The van der Waals surface area contributed by atoms with E-state index in [0.29, 0.717) is 23.0 Å². The molecule has 0 heterocycles. The molecule has 0 saturated heterocycles. The van der Waals surface area contributed by atoms with Gasteiger partial charge in [-0.2, -0.15) is 0 Å². The fraction of sp³-hybridized carbons (Fsp3) is 0.471. The van der Waals surface area contributed by atoms with Crippen LogP contribution < -0.4 is 16.4 Å². The molecule has 0 fully saturated rings. The molecule has 25 heavy (non-hydrogen) atoms. The molecule has 2 atom stereocenters. The third-order valence-electron chi connectivity index (χ3n) is 3.32. The zero-order chi connectivity index (χ0) is 19.0. The second kappa shape index (κ2) is 9.88. The number of nitrogens with two attached hydrogens (primary N) is 1. The summed E-state index contributed by atoms with van der Waals surface area (Å²) in [6, 6.07) is 5.19. The normalized spacial score (nSPS) is 13.0. The second-order valence-electron chi connectivity index (χ2n) is 6.09. The van der Waals surface area contributed by atoms with E-state index in [1.54, 1.807) is 24.3 Å². The Kier molecular flexibility index (Phi) is 8.21. The van der Waals surface area contributed by atoms with Gasteiger partial charge in [-0.25, -0.2) is 4.79 Å². The average Bonchev–Trinajstić information content (AvgIpc) is 2.52. The van der Waals surface area contributed by atoms with Gasteiger partial charge in [0.1, 0.15) is 0 Å². The highest BCUT2D eigenvalue weighted by molar-refractivity contribution is 6.30. The number of halogens is 1. The van der Waals surface area contributed by atoms with E-state index in [1.807, 2.05) is 13.8 Å². The number of nitrogens with one attached hydrogen (secondary N) is 2. The van der Waals surface area contributed by atoms with Gasteiger partial charge in [0.25, 0.3) is 5.91 Å². The Hall–Kier alpha value is -2.28. The van der Waals surface area contributed by atoms with Crippen LogP contribution in [-0.4, -0.2) is 30.6 Å². The number of carbonyl (C=O) groups excluding carboxylic acids is 3. The van der Waals surface area contributed by atoms with Crippen molar-refractivity contribution in [1.82, 2.24) is 10.6 Å². The molecule has 4 N–H and O–H groups in total. The predicted octanol–water partition coefficient (Wildman–Crippen LogP) is 2.14. The summed E-state index contributed by atoms with van der Waals surface area (Å²) in [4.78, 5) is 35.1. The van der Waals surface area contributed by atoms with Crippen LogP contribution in [0.4, 0.5) is 4.79 Å². The van der Waals surface area contributed by atoms with Crippen molar-refractivity contribution in [3.63, 3.8) is 0 Å². The summed E-state index contributed by atoms with van der Waals surface area (Å²) >= 11 is 5.84. The molecule has 0 aliphatic carbocycles. The molecule has 0 saturated carbocycles. The molecular weight excluding hydrogens is 346 g/mol. The number of benzene rings is 1. The molecular formula is C17H24ClN3O4. The first-order chi connectivity index (χ1) is 11.7. The molecule has 7 nitrogen and oxygen atoms in total. The zero-order valence-electron chi connectivity index (χ0n) is 14.5. The highest BCUT2D eigenvalue weighted by Crippen LogP contribution is 2.20. The molecule has 0 spiro atoms. The summed E-state index contributed by atoms with van der Waals surface area (Å²) in [7, 11) is 0. The highest BCUT2D eigenvalue weighted by Gasteiger charge is 2.22. The fourth-order valence-corrected chi connectivity index (χ4v) is 2.16. The summed E-state index contributed by atoms with van der Waals surface area (Å²) in [5.41, 5.74) is 5.81. The van der Waals surface area contributed by atoms with Crippen molar-refractivity contribution in [2.45, 2.75) is 39.3 Å². The molecule has 0 radical (unpaired) electrons. The van der Waals surface area contributed by atoms with Crippen molar-refractivity contribution in [2.24, 2.45) is 11.7 Å². The number of urea groups is 1. The molecule has 0 unspecified atom stereocenters. The SMILES string of the molecule is CC(C)CNC(=O)[C@H](C)OC(=O)C[C@H](NC(N)=O)c1ccc(Cl)cc1. The Morgan fingerprint density at radius 2 is 1.76 bits per heavy atom. The van der Waals surface area contributed by atoms with E-state index in [1.165, 1.54) is 6.92 Å². The van der Waals surface area contributed by atoms with Crippen molar-refractivity contribution in [3.8, 4) is 0 Å². The number of hydrogen-bond acceptors (Lipinski definition) is 4. The first-order valence-electron chi connectivity index (χ1n) is 7.97. The van der Waals surface area contributed by atoms with Crippen LogP contribution in [0.5, 0.6) is 0 Å². The number of hydrogen-bond donors (Lipinski definition) is 3. The molecule has 3 amide bonds. The van der Waals surface area contributed by atoms with Crippen molar-refractivity contribution < 1.29 is 19.1 Å².